The summed E-state index contributed by atoms with van der Waals surface area (Å²) in [4.78, 5) is 44.5. The van der Waals surface area contributed by atoms with Crippen molar-refractivity contribution in [3.63, 3.8) is 0 Å². The molecular weight excluding hydrogens is 487 g/mol. The fourth-order valence-corrected chi connectivity index (χ4v) is 5.68. The van der Waals surface area contributed by atoms with Crippen LogP contribution in [0.25, 0.3) is 0 Å². The Hall–Kier alpha value is -2.91. The number of nitrogens with zero attached hydrogens (tertiary/aromatic N) is 3. The largest absolute Gasteiger partial charge is 0.487 e. The zero-order chi connectivity index (χ0) is 25.6. The quantitative estimate of drug-likeness (QED) is 0.571. The van der Waals surface area contributed by atoms with Crippen molar-refractivity contribution in [2.45, 2.75) is 57.3 Å². The van der Waals surface area contributed by atoms with Crippen LogP contribution in [0.2, 0.25) is 5.02 Å². The number of nitrogens with one attached hydrogen (secondary N) is 1. The van der Waals surface area contributed by atoms with Gasteiger partial charge in [-0.05, 0) is 38.8 Å². The van der Waals surface area contributed by atoms with Gasteiger partial charge in [0.05, 0.1) is 17.2 Å². The number of halogens is 2. The molecule has 3 heterocycles. The molecule has 3 aliphatic rings. The summed E-state index contributed by atoms with van der Waals surface area (Å²) in [6.07, 6.45) is 5.41. The first-order valence-electron chi connectivity index (χ1n) is 12.5. The van der Waals surface area contributed by atoms with E-state index in [9.17, 15) is 18.8 Å². The number of rotatable bonds is 7. The summed E-state index contributed by atoms with van der Waals surface area (Å²) >= 11 is 5.85. The lowest BCUT2D eigenvalue weighted by Gasteiger charge is -2.51. The molecule has 2 aromatic rings. The molecule has 1 unspecified atom stereocenters. The van der Waals surface area contributed by atoms with Crippen LogP contribution in [0.15, 0.2) is 29.2 Å². The van der Waals surface area contributed by atoms with Gasteiger partial charge in [0.15, 0.2) is 11.4 Å². The SMILES string of the molecule is CCCCOc1c2n(cc(C(=O)NCc3cccc(Cl)c3F)c1=O)C1(CC1)C1N(C)CCCN1C2=O. The summed E-state index contributed by atoms with van der Waals surface area (Å²) in [6.45, 7) is 3.61. The van der Waals surface area contributed by atoms with Crippen LogP contribution >= 0.6 is 11.6 Å². The molecule has 1 N–H and O–H groups in total. The van der Waals surface area contributed by atoms with Crippen molar-refractivity contribution in [2.24, 2.45) is 0 Å². The molecule has 5 rings (SSSR count). The molecule has 0 radical (unpaired) electrons. The summed E-state index contributed by atoms with van der Waals surface area (Å²) < 4.78 is 22.1. The van der Waals surface area contributed by atoms with E-state index in [1.54, 1.807) is 6.07 Å². The fourth-order valence-electron chi connectivity index (χ4n) is 5.49. The Labute approximate surface area is 214 Å². The molecule has 1 spiro atoms. The molecule has 2 fully saturated rings. The van der Waals surface area contributed by atoms with Gasteiger partial charge < -0.3 is 19.5 Å². The van der Waals surface area contributed by atoms with Crippen molar-refractivity contribution in [3.05, 3.63) is 62.3 Å². The topological polar surface area (TPSA) is 83.9 Å². The van der Waals surface area contributed by atoms with E-state index in [2.05, 4.69) is 10.2 Å². The monoisotopic (exact) mass is 516 g/mol. The van der Waals surface area contributed by atoms with Gasteiger partial charge in [0.2, 0.25) is 5.43 Å². The van der Waals surface area contributed by atoms with E-state index >= 15 is 0 Å². The third kappa shape index (κ3) is 3.98. The highest BCUT2D eigenvalue weighted by Gasteiger charge is 2.61. The van der Waals surface area contributed by atoms with E-state index in [0.29, 0.717) is 13.0 Å². The molecule has 1 aromatic heterocycles. The van der Waals surface area contributed by atoms with Gasteiger partial charge in [-0.15, -0.1) is 0 Å². The molecular formula is C26H30ClFN4O4. The Kier molecular flexibility index (Phi) is 6.55. The predicted molar refractivity (Wildman–Crippen MR) is 133 cm³/mol. The number of aromatic nitrogens is 1. The van der Waals surface area contributed by atoms with Gasteiger partial charge in [-0.1, -0.05) is 37.1 Å². The average molecular weight is 517 g/mol. The first-order valence-corrected chi connectivity index (χ1v) is 12.8. The van der Waals surface area contributed by atoms with Crippen molar-refractivity contribution in [1.29, 1.82) is 0 Å². The summed E-state index contributed by atoms with van der Waals surface area (Å²) in [5.74, 6) is -1.60. The van der Waals surface area contributed by atoms with Crippen LogP contribution in [0.1, 0.15) is 65.4 Å². The van der Waals surface area contributed by atoms with Crippen molar-refractivity contribution >= 4 is 23.4 Å². The van der Waals surface area contributed by atoms with Crippen LogP contribution < -0.4 is 15.5 Å². The van der Waals surface area contributed by atoms with Gasteiger partial charge >= 0.3 is 0 Å². The minimum atomic E-state index is -0.655. The molecule has 36 heavy (non-hydrogen) atoms. The minimum absolute atomic E-state index is 0.0439. The second-order valence-electron chi connectivity index (χ2n) is 9.83. The maximum atomic E-state index is 14.3. The van der Waals surface area contributed by atoms with Gasteiger partial charge in [0, 0.05) is 31.4 Å². The standard InChI is InChI=1S/C26H30ClFN4O4/c1-3-4-13-36-22-20-24(35)31-12-6-11-30(2)25(31)26(9-10-26)32(20)15-17(21(22)33)23(34)29-14-16-7-5-8-18(27)19(16)28/h5,7-8,15,25H,3-4,6,9-14H2,1-2H3,(H,29,34). The van der Waals surface area contributed by atoms with E-state index in [4.69, 9.17) is 16.3 Å². The average Bonchev–Trinajstić information content (AvgIpc) is 3.65. The Balaban J connectivity index is 1.56. The molecule has 0 bridgehead atoms. The van der Waals surface area contributed by atoms with Crippen LogP contribution in [0.5, 0.6) is 5.75 Å². The molecule has 192 valence electrons. The highest BCUT2D eigenvalue weighted by molar-refractivity contribution is 6.30. The number of hydrogen-bond donors (Lipinski definition) is 1. The highest BCUT2D eigenvalue weighted by Crippen LogP contribution is 2.53. The minimum Gasteiger partial charge on any atom is -0.487 e. The van der Waals surface area contributed by atoms with Gasteiger partial charge in [0.1, 0.15) is 17.5 Å². The van der Waals surface area contributed by atoms with Gasteiger partial charge in [-0.3, -0.25) is 19.3 Å². The molecule has 1 atom stereocenters. The molecule has 1 aliphatic carbocycles. The lowest BCUT2D eigenvalue weighted by Crippen LogP contribution is -2.65. The molecule has 1 saturated carbocycles. The molecule has 2 aliphatic heterocycles. The van der Waals surface area contributed by atoms with Gasteiger partial charge in [-0.2, -0.15) is 0 Å². The fraction of sp³-hybridized carbons (Fsp3) is 0.500. The van der Waals surface area contributed by atoms with E-state index in [0.717, 1.165) is 32.2 Å². The van der Waals surface area contributed by atoms with Gasteiger partial charge in [0.25, 0.3) is 11.8 Å². The third-order valence-corrected chi connectivity index (χ3v) is 7.73. The predicted octanol–water partition coefficient (Wildman–Crippen LogP) is 3.36. The van der Waals surface area contributed by atoms with Crippen LogP contribution in [0.3, 0.4) is 0 Å². The van der Waals surface area contributed by atoms with Crippen molar-refractivity contribution in [2.75, 3.05) is 26.7 Å². The Morgan fingerprint density at radius 3 is 2.78 bits per heavy atom. The highest BCUT2D eigenvalue weighted by atomic mass is 35.5. The molecule has 1 saturated heterocycles. The van der Waals surface area contributed by atoms with E-state index in [1.165, 1.54) is 18.3 Å². The number of amides is 2. The molecule has 2 amide bonds. The first kappa shape index (κ1) is 24.8. The Bertz CT molecular complexity index is 1280. The number of benzene rings is 1. The number of carbonyl (C=O) groups excluding carboxylic acids is 2. The maximum absolute atomic E-state index is 14.3. The second-order valence-corrected chi connectivity index (χ2v) is 10.2. The second kappa shape index (κ2) is 9.52. The number of ether oxygens (including phenoxy) is 1. The zero-order valence-electron chi connectivity index (χ0n) is 20.5. The first-order chi connectivity index (χ1) is 17.3. The van der Waals surface area contributed by atoms with Crippen LogP contribution in [-0.4, -0.2) is 59.1 Å². The number of fused-ring (bicyclic) bond motifs is 4. The normalized spacial score (nSPS) is 20.2. The van der Waals surface area contributed by atoms with Crippen LogP contribution in [0, 0.1) is 5.82 Å². The molecule has 10 heteroatoms. The van der Waals surface area contributed by atoms with Crippen molar-refractivity contribution in [1.82, 2.24) is 19.7 Å². The number of pyridine rings is 1. The lowest BCUT2D eigenvalue weighted by molar-refractivity contribution is -0.0259. The molecule has 8 nitrogen and oxygen atoms in total. The van der Waals surface area contributed by atoms with Crippen molar-refractivity contribution < 1.29 is 18.7 Å². The summed E-state index contributed by atoms with van der Waals surface area (Å²) in [5, 5.41) is 2.59. The van der Waals surface area contributed by atoms with Crippen LogP contribution in [-0.2, 0) is 12.1 Å². The number of likely N-dealkylation sites (N-methyl/N-ethyl adjacent to an activating group) is 1. The maximum Gasteiger partial charge on any atom is 0.275 e. The number of hydrogen-bond acceptors (Lipinski definition) is 5. The van der Waals surface area contributed by atoms with Gasteiger partial charge in [-0.25, -0.2) is 4.39 Å². The Morgan fingerprint density at radius 2 is 2.06 bits per heavy atom. The zero-order valence-corrected chi connectivity index (χ0v) is 21.2. The third-order valence-electron chi connectivity index (χ3n) is 7.43. The summed E-state index contributed by atoms with van der Waals surface area (Å²) in [6, 6.07) is 4.54. The Morgan fingerprint density at radius 1 is 1.28 bits per heavy atom. The smallest absolute Gasteiger partial charge is 0.275 e. The van der Waals surface area contributed by atoms with Crippen LogP contribution in [0.4, 0.5) is 4.39 Å². The van der Waals surface area contributed by atoms with E-state index in [-0.39, 0.29) is 52.8 Å². The molecule has 1 aromatic carbocycles. The van der Waals surface area contributed by atoms with Crippen molar-refractivity contribution in [3.8, 4) is 5.75 Å². The van der Waals surface area contributed by atoms with E-state index in [1.807, 2.05) is 23.4 Å². The number of unbranched alkanes of at least 4 members (excludes halogenated alkanes) is 1. The van der Waals surface area contributed by atoms with E-state index < -0.39 is 22.7 Å². The summed E-state index contributed by atoms with van der Waals surface area (Å²) in [7, 11) is 2.00. The number of carbonyl (C=O) groups is 2. The summed E-state index contributed by atoms with van der Waals surface area (Å²) in [5.41, 5.74) is -0.740. The lowest BCUT2D eigenvalue weighted by atomic mass is 9.99.